The number of hydrogen-bond donors (Lipinski definition) is 2. The number of aromatic amines is 1. The van der Waals surface area contributed by atoms with Gasteiger partial charge in [0.25, 0.3) is 5.56 Å². The molecule has 100 valence electrons. The van der Waals surface area contributed by atoms with E-state index in [0.717, 1.165) is 11.1 Å². The number of pyridine rings is 1. The zero-order valence-electron chi connectivity index (χ0n) is 10.8. The fourth-order valence-electron chi connectivity index (χ4n) is 1.98. The van der Waals surface area contributed by atoms with Crippen molar-refractivity contribution in [2.45, 2.75) is 13.3 Å². The number of carboxylic acids is 1. The predicted molar refractivity (Wildman–Crippen MR) is 73.3 cm³/mol. The molecule has 1 heterocycles. The fourth-order valence-corrected chi connectivity index (χ4v) is 1.98. The maximum atomic E-state index is 11.5. The molecule has 5 heteroatoms. The Balaban J connectivity index is 2.44. The predicted octanol–water partition coefficient (Wildman–Crippen LogP) is 1.85. The molecule has 0 amide bonds. The lowest BCUT2D eigenvalue weighted by Crippen LogP contribution is -2.11. The molecule has 1 aromatic carbocycles. The fraction of sp³-hybridized carbons (Fsp3) is 0.133. The minimum absolute atomic E-state index is 0.0334. The third-order valence-electron chi connectivity index (χ3n) is 2.98. The summed E-state index contributed by atoms with van der Waals surface area (Å²) in [5.41, 5.74) is 2.59. The van der Waals surface area contributed by atoms with E-state index in [1.54, 1.807) is 37.3 Å². The number of aromatic nitrogens is 1. The maximum Gasteiger partial charge on any atom is 0.307 e. The van der Waals surface area contributed by atoms with Gasteiger partial charge in [-0.05, 0) is 24.1 Å². The van der Waals surface area contributed by atoms with Crippen LogP contribution in [0.3, 0.4) is 0 Å². The summed E-state index contributed by atoms with van der Waals surface area (Å²) in [7, 11) is 0. The molecule has 0 spiro atoms. The number of carboxylic acid groups (broad SMARTS) is 1. The molecular weight excluding hydrogens is 256 g/mol. The molecular formula is C15H12N2O3. The summed E-state index contributed by atoms with van der Waals surface area (Å²) in [6.45, 7) is 1.75. The Labute approximate surface area is 115 Å². The summed E-state index contributed by atoms with van der Waals surface area (Å²) in [5, 5.41) is 17.6. The molecule has 5 nitrogen and oxygen atoms in total. The second kappa shape index (κ2) is 5.41. The first-order valence-corrected chi connectivity index (χ1v) is 5.96. The molecule has 0 fully saturated rings. The minimum Gasteiger partial charge on any atom is -0.481 e. The number of rotatable bonds is 3. The number of nitrogens with one attached hydrogen (secondary N) is 1. The van der Waals surface area contributed by atoms with Crippen LogP contribution in [0.1, 0.15) is 16.8 Å². The lowest BCUT2D eigenvalue weighted by molar-refractivity contribution is -0.136. The van der Waals surface area contributed by atoms with E-state index in [9.17, 15) is 9.59 Å². The molecule has 0 saturated heterocycles. The molecule has 0 unspecified atom stereocenters. The SMILES string of the molecule is Cc1[nH]c(=O)c(C#N)cc1-c1ccc(CC(=O)O)cc1. The Morgan fingerprint density at radius 2 is 2.00 bits per heavy atom. The van der Waals surface area contributed by atoms with Crippen molar-refractivity contribution in [1.82, 2.24) is 4.98 Å². The van der Waals surface area contributed by atoms with E-state index in [1.165, 1.54) is 0 Å². The molecule has 2 N–H and O–H groups in total. The molecule has 2 aromatic rings. The average Bonchev–Trinajstić information content (AvgIpc) is 2.39. The number of H-pyrrole nitrogens is 1. The van der Waals surface area contributed by atoms with Gasteiger partial charge in [-0.1, -0.05) is 24.3 Å². The third kappa shape index (κ3) is 2.75. The second-order valence-electron chi connectivity index (χ2n) is 4.43. The quantitative estimate of drug-likeness (QED) is 0.888. The average molecular weight is 268 g/mol. The number of aryl methyl sites for hydroxylation is 1. The largest absolute Gasteiger partial charge is 0.481 e. The van der Waals surface area contributed by atoms with Gasteiger partial charge in [0.1, 0.15) is 11.6 Å². The van der Waals surface area contributed by atoms with E-state index < -0.39 is 11.5 Å². The molecule has 0 radical (unpaired) electrons. The number of carbonyl (C=O) groups is 1. The highest BCUT2D eigenvalue weighted by molar-refractivity contribution is 5.72. The third-order valence-corrected chi connectivity index (χ3v) is 2.98. The van der Waals surface area contributed by atoms with Gasteiger partial charge in [-0.25, -0.2) is 0 Å². The van der Waals surface area contributed by atoms with Gasteiger partial charge in [0.05, 0.1) is 6.42 Å². The van der Waals surface area contributed by atoms with Crippen LogP contribution < -0.4 is 5.56 Å². The van der Waals surface area contributed by atoms with Gasteiger partial charge in [-0.3, -0.25) is 9.59 Å². The van der Waals surface area contributed by atoms with Crippen molar-refractivity contribution >= 4 is 5.97 Å². The van der Waals surface area contributed by atoms with Crippen LogP contribution in [-0.4, -0.2) is 16.1 Å². The number of nitrogens with zero attached hydrogens (tertiary/aromatic N) is 1. The van der Waals surface area contributed by atoms with Crippen molar-refractivity contribution in [3.8, 4) is 17.2 Å². The van der Waals surface area contributed by atoms with Gasteiger partial charge in [0, 0.05) is 11.3 Å². The first-order valence-electron chi connectivity index (χ1n) is 5.96. The van der Waals surface area contributed by atoms with Crippen molar-refractivity contribution < 1.29 is 9.90 Å². The van der Waals surface area contributed by atoms with Crippen molar-refractivity contribution in [3.63, 3.8) is 0 Å². The van der Waals surface area contributed by atoms with E-state index in [2.05, 4.69) is 4.98 Å². The molecule has 0 aliphatic carbocycles. The first-order chi connectivity index (χ1) is 9.51. The van der Waals surface area contributed by atoms with E-state index in [1.807, 2.05) is 6.07 Å². The van der Waals surface area contributed by atoms with Crippen LogP contribution in [0, 0.1) is 18.3 Å². The monoisotopic (exact) mass is 268 g/mol. The van der Waals surface area contributed by atoms with E-state index in [4.69, 9.17) is 10.4 Å². The lowest BCUT2D eigenvalue weighted by atomic mass is 10.0. The number of nitriles is 1. The normalized spacial score (nSPS) is 10.0. The molecule has 1 aromatic heterocycles. The van der Waals surface area contributed by atoms with Gasteiger partial charge < -0.3 is 10.1 Å². The zero-order chi connectivity index (χ0) is 14.7. The highest BCUT2D eigenvalue weighted by Crippen LogP contribution is 2.22. The van der Waals surface area contributed by atoms with Crippen molar-refractivity contribution in [2.24, 2.45) is 0 Å². The highest BCUT2D eigenvalue weighted by Gasteiger charge is 2.08. The molecule has 0 saturated carbocycles. The summed E-state index contributed by atoms with van der Waals surface area (Å²) < 4.78 is 0. The Kier molecular flexibility index (Phi) is 3.67. The second-order valence-corrected chi connectivity index (χ2v) is 4.43. The van der Waals surface area contributed by atoms with Crippen LogP contribution in [0.2, 0.25) is 0 Å². The molecule has 0 aliphatic heterocycles. The number of aliphatic carboxylic acids is 1. The molecule has 0 atom stereocenters. The van der Waals surface area contributed by atoms with Crippen molar-refractivity contribution in [3.05, 3.63) is 57.5 Å². The molecule has 0 aliphatic rings. The van der Waals surface area contributed by atoms with Gasteiger partial charge in [0.15, 0.2) is 0 Å². The smallest absolute Gasteiger partial charge is 0.307 e. The van der Waals surface area contributed by atoms with E-state index in [0.29, 0.717) is 11.3 Å². The minimum atomic E-state index is -0.885. The Morgan fingerprint density at radius 3 is 2.55 bits per heavy atom. The molecule has 0 bridgehead atoms. The van der Waals surface area contributed by atoms with Gasteiger partial charge >= 0.3 is 5.97 Å². The summed E-state index contributed by atoms with van der Waals surface area (Å²) in [4.78, 5) is 24.7. The van der Waals surface area contributed by atoms with Crippen LogP contribution in [0.5, 0.6) is 0 Å². The Hall–Kier alpha value is -2.87. The van der Waals surface area contributed by atoms with Crippen LogP contribution >= 0.6 is 0 Å². The maximum absolute atomic E-state index is 11.5. The van der Waals surface area contributed by atoms with Crippen LogP contribution in [0.15, 0.2) is 35.1 Å². The van der Waals surface area contributed by atoms with Crippen LogP contribution in [-0.2, 0) is 11.2 Å². The molecule has 20 heavy (non-hydrogen) atoms. The Morgan fingerprint density at radius 1 is 1.35 bits per heavy atom. The summed E-state index contributed by atoms with van der Waals surface area (Å²) in [6.07, 6.45) is -0.0334. The van der Waals surface area contributed by atoms with Crippen molar-refractivity contribution in [2.75, 3.05) is 0 Å². The first kappa shape index (κ1) is 13.6. The standard InChI is InChI=1S/C15H12N2O3/c1-9-13(7-12(8-16)15(20)17-9)11-4-2-10(3-5-11)6-14(18)19/h2-5,7H,6H2,1H3,(H,17,20)(H,18,19). The molecule has 2 rings (SSSR count). The topological polar surface area (TPSA) is 94.0 Å². The highest BCUT2D eigenvalue weighted by atomic mass is 16.4. The van der Waals surface area contributed by atoms with Crippen molar-refractivity contribution in [1.29, 1.82) is 5.26 Å². The number of hydrogen-bond acceptors (Lipinski definition) is 3. The van der Waals surface area contributed by atoms with Gasteiger partial charge in [-0.15, -0.1) is 0 Å². The summed E-state index contributed by atoms with van der Waals surface area (Å²) in [6, 6.07) is 10.4. The van der Waals surface area contributed by atoms with E-state index >= 15 is 0 Å². The van der Waals surface area contributed by atoms with E-state index in [-0.39, 0.29) is 12.0 Å². The van der Waals surface area contributed by atoms with Gasteiger partial charge in [0.2, 0.25) is 0 Å². The Bertz CT molecular complexity index is 752. The van der Waals surface area contributed by atoms with Crippen LogP contribution in [0.4, 0.5) is 0 Å². The van der Waals surface area contributed by atoms with Gasteiger partial charge in [-0.2, -0.15) is 5.26 Å². The lowest BCUT2D eigenvalue weighted by Gasteiger charge is -2.07. The zero-order valence-corrected chi connectivity index (χ0v) is 10.8. The number of benzene rings is 1. The van der Waals surface area contributed by atoms with Crippen LogP contribution in [0.25, 0.3) is 11.1 Å². The summed E-state index contributed by atoms with van der Waals surface area (Å²) in [5.74, 6) is -0.885. The summed E-state index contributed by atoms with van der Waals surface area (Å²) >= 11 is 0.